The van der Waals surface area contributed by atoms with Crippen LogP contribution in [0, 0.1) is 0 Å². The van der Waals surface area contributed by atoms with E-state index in [1.165, 1.54) is 0 Å². The molecule has 0 radical (unpaired) electrons. The second-order valence-corrected chi connectivity index (χ2v) is 6.87. The van der Waals surface area contributed by atoms with Gasteiger partial charge in [-0.1, -0.05) is 36.4 Å². The van der Waals surface area contributed by atoms with Gasteiger partial charge in [0.05, 0.1) is 34.1 Å². The van der Waals surface area contributed by atoms with Crippen molar-refractivity contribution in [3.63, 3.8) is 0 Å². The number of aryl methyl sites for hydroxylation is 1. The van der Waals surface area contributed by atoms with Crippen molar-refractivity contribution in [3.8, 4) is 11.4 Å². The minimum Gasteiger partial charge on any atom is -0.338 e. The molecule has 2 heterocycles. The number of carbonyl (C=O) groups excluding carboxylic acids is 1. The Hall–Kier alpha value is -3.93. The molecule has 2 N–H and O–H groups in total. The highest BCUT2D eigenvalue weighted by Crippen LogP contribution is 2.27. The SMILES string of the molecule is O=C(CCn1cnc2ccccc21)Nc1ccccc1-c1nc2ccccc2[nH]1. The number of anilines is 1. The summed E-state index contributed by atoms with van der Waals surface area (Å²) in [5.41, 5.74) is 5.44. The van der Waals surface area contributed by atoms with Crippen molar-refractivity contribution in [3.05, 3.63) is 79.1 Å². The molecule has 142 valence electrons. The van der Waals surface area contributed by atoms with Crippen molar-refractivity contribution in [2.75, 3.05) is 5.32 Å². The average Bonchev–Trinajstić information content (AvgIpc) is 3.37. The molecule has 0 atom stereocenters. The molecule has 2 aromatic heterocycles. The Kier molecular flexibility index (Phi) is 4.29. The van der Waals surface area contributed by atoms with E-state index in [2.05, 4.69) is 20.3 Å². The highest BCUT2D eigenvalue weighted by Gasteiger charge is 2.12. The largest absolute Gasteiger partial charge is 0.338 e. The molecule has 29 heavy (non-hydrogen) atoms. The molecule has 6 nitrogen and oxygen atoms in total. The number of aromatic amines is 1. The van der Waals surface area contributed by atoms with Crippen LogP contribution in [0.4, 0.5) is 5.69 Å². The lowest BCUT2D eigenvalue weighted by atomic mass is 10.1. The molecule has 0 saturated heterocycles. The van der Waals surface area contributed by atoms with Gasteiger partial charge in [-0.15, -0.1) is 0 Å². The van der Waals surface area contributed by atoms with E-state index in [4.69, 9.17) is 0 Å². The van der Waals surface area contributed by atoms with Gasteiger partial charge in [0, 0.05) is 18.5 Å². The number of hydrogen-bond acceptors (Lipinski definition) is 3. The van der Waals surface area contributed by atoms with Crippen LogP contribution in [0.2, 0.25) is 0 Å². The summed E-state index contributed by atoms with van der Waals surface area (Å²) >= 11 is 0. The van der Waals surface area contributed by atoms with Gasteiger partial charge in [-0.05, 0) is 36.4 Å². The maximum Gasteiger partial charge on any atom is 0.226 e. The standard InChI is InChI=1S/C23H19N5O/c29-22(13-14-28-15-24-20-11-5-6-12-21(20)28)25-17-8-2-1-7-16(17)23-26-18-9-3-4-10-19(18)27-23/h1-12,15H,13-14H2,(H,25,29)(H,26,27). The number of H-pyrrole nitrogens is 1. The number of nitrogens with zero attached hydrogens (tertiary/aromatic N) is 3. The highest BCUT2D eigenvalue weighted by molar-refractivity contribution is 5.95. The van der Waals surface area contributed by atoms with Crippen LogP contribution in [0.25, 0.3) is 33.5 Å². The number of carbonyl (C=O) groups is 1. The molecule has 6 heteroatoms. The zero-order chi connectivity index (χ0) is 19.6. The van der Waals surface area contributed by atoms with Gasteiger partial charge in [-0.3, -0.25) is 4.79 Å². The normalized spacial score (nSPS) is 11.2. The number of para-hydroxylation sites is 5. The first kappa shape index (κ1) is 17.2. The van der Waals surface area contributed by atoms with E-state index in [1.54, 1.807) is 6.33 Å². The first-order chi connectivity index (χ1) is 14.3. The first-order valence-electron chi connectivity index (χ1n) is 9.52. The van der Waals surface area contributed by atoms with Gasteiger partial charge in [-0.25, -0.2) is 9.97 Å². The second-order valence-electron chi connectivity index (χ2n) is 6.87. The number of benzene rings is 3. The van der Waals surface area contributed by atoms with E-state index in [-0.39, 0.29) is 5.91 Å². The van der Waals surface area contributed by atoms with Gasteiger partial charge in [0.25, 0.3) is 0 Å². The minimum absolute atomic E-state index is 0.0497. The van der Waals surface area contributed by atoms with Crippen LogP contribution in [0.5, 0.6) is 0 Å². The summed E-state index contributed by atoms with van der Waals surface area (Å²) in [5, 5.41) is 3.03. The van der Waals surface area contributed by atoms with Gasteiger partial charge < -0.3 is 14.9 Å². The van der Waals surface area contributed by atoms with Crippen LogP contribution < -0.4 is 5.32 Å². The van der Waals surface area contributed by atoms with Crippen molar-refractivity contribution < 1.29 is 4.79 Å². The molecule has 3 aromatic carbocycles. The Labute approximate surface area is 167 Å². The summed E-state index contributed by atoms with van der Waals surface area (Å²) in [6.45, 7) is 0.569. The molecule has 0 aliphatic heterocycles. The molecule has 0 spiro atoms. The number of imidazole rings is 2. The Morgan fingerprint density at radius 3 is 2.59 bits per heavy atom. The average molecular weight is 381 g/mol. The van der Waals surface area contributed by atoms with Crippen molar-refractivity contribution in [2.45, 2.75) is 13.0 Å². The summed E-state index contributed by atoms with van der Waals surface area (Å²) in [4.78, 5) is 25.0. The lowest BCUT2D eigenvalue weighted by molar-refractivity contribution is -0.116. The maximum atomic E-state index is 12.6. The van der Waals surface area contributed by atoms with Gasteiger partial charge in [-0.2, -0.15) is 0 Å². The predicted molar refractivity (Wildman–Crippen MR) is 115 cm³/mol. The van der Waals surface area contributed by atoms with Gasteiger partial charge in [0.15, 0.2) is 0 Å². The Morgan fingerprint density at radius 1 is 0.931 bits per heavy atom. The lowest BCUT2D eigenvalue weighted by Gasteiger charge is -2.10. The second kappa shape index (κ2) is 7.24. The fourth-order valence-corrected chi connectivity index (χ4v) is 3.50. The van der Waals surface area contributed by atoms with Gasteiger partial charge in [0.1, 0.15) is 5.82 Å². The molecular weight excluding hydrogens is 362 g/mol. The molecule has 5 aromatic rings. The number of hydrogen-bond donors (Lipinski definition) is 2. The van der Waals surface area contributed by atoms with Crippen LogP contribution in [0.1, 0.15) is 6.42 Å². The summed E-state index contributed by atoms with van der Waals surface area (Å²) in [5.74, 6) is 0.689. The first-order valence-corrected chi connectivity index (χ1v) is 9.52. The van der Waals surface area contributed by atoms with Crippen LogP contribution in [-0.2, 0) is 11.3 Å². The van der Waals surface area contributed by atoms with E-state index < -0.39 is 0 Å². The molecule has 0 fully saturated rings. The van der Waals surface area contributed by atoms with E-state index in [1.807, 2.05) is 77.4 Å². The molecule has 5 rings (SSSR count). The Balaban J connectivity index is 1.34. The molecule has 0 saturated carbocycles. The smallest absolute Gasteiger partial charge is 0.226 e. The molecule has 0 aliphatic rings. The summed E-state index contributed by atoms with van der Waals surface area (Å²) < 4.78 is 2.00. The predicted octanol–water partition coefficient (Wildman–Crippen LogP) is 4.61. The van der Waals surface area contributed by atoms with E-state index >= 15 is 0 Å². The summed E-state index contributed by atoms with van der Waals surface area (Å²) in [6.07, 6.45) is 2.13. The van der Waals surface area contributed by atoms with Crippen molar-refractivity contribution in [2.24, 2.45) is 0 Å². The fourth-order valence-electron chi connectivity index (χ4n) is 3.50. The maximum absolute atomic E-state index is 12.6. The summed E-state index contributed by atoms with van der Waals surface area (Å²) in [7, 11) is 0. The topological polar surface area (TPSA) is 75.6 Å². The number of rotatable bonds is 5. The van der Waals surface area contributed by atoms with Crippen LogP contribution in [0.15, 0.2) is 79.1 Å². The lowest BCUT2D eigenvalue weighted by Crippen LogP contribution is -2.15. The zero-order valence-corrected chi connectivity index (χ0v) is 15.7. The van der Waals surface area contributed by atoms with E-state index in [9.17, 15) is 4.79 Å². The quantitative estimate of drug-likeness (QED) is 0.467. The van der Waals surface area contributed by atoms with E-state index in [0.717, 1.165) is 39.1 Å². The third-order valence-corrected chi connectivity index (χ3v) is 4.95. The molecular formula is C23H19N5O. The molecule has 0 aliphatic carbocycles. The highest BCUT2D eigenvalue weighted by atomic mass is 16.1. The van der Waals surface area contributed by atoms with Gasteiger partial charge in [0.2, 0.25) is 5.91 Å². The molecule has 1 amide bonds. The van der Waals surface area contributed by atoms with Crippen LogP contribution in [-0.4, -0.2) is 25.4 Å². The summed E-state index contributed by atoms with van der Waals surface area (Å²) in [6, 6.07) is 23.5. The number of amides is 1. The fraction of sp³-hybridized carbons (Fsp3) is 0.0870. The van der Waals surface area contributed by atoms with Crippen molar-refractivity contribution >= 4 is 33.7 Å². The number of fused-ring (bicyclic) bond motifs is 2. The third-order valence-electron chi connectivity index (χ3n) is 4.95. The molecule has 0 bridgehead atoms. The molecule has 0 unspecified atom stereocenters. The third kappa shape index (κ3) is 3.36. The van der Waals surface area contributed by atoms with Crippen LogP contribution in [0.3, 0.4) is 0 Å². The Bertz CT molecular complexity index is 1280. The number of aromatic nitrogens is 4. The van der Waals surface area contributed by atoms with Gasteiger partial charge >= 0.3 is 0 Å². The van der Waals surface area contributed by atoms with Crippen LogP contribution >= 0.6 is 0 Å². The van der Waals surface area contributed by atoms with E-state index in [0.29, 0.717) is 13.0 Å². The minimum atomic E-state index is -0.0497. The van der Waals surface area contributed by atoms with Crippen molar-refractivity contribution in [1.29, 1.82) is 0 Å². The van der Waals surface area contributed by atoms with Crippen molar-refractivity contribution in [1.82, 2.24) is 19.5 Å². The zero-order valence-electron chi connectivity index (χ0n) is 15.7. The Morgan fingerprint density at radius 2 is 1.69 bits per heavy atom. The number of nitrogens with one attached hydrogen (secondary N) is 2. The monoisotopic (exact) mass is 381 g/mol.